The molecule has 0 aromatic carbocycles. The van der Waals surface area contributed by atoms with Gasteiger partial charge >= 0.3 is 5.97 Å². The highest BCUT2D eigenvalue weighted by Gasteiger charge is 2.21. The molecule has 0 spiro atoms. The molecule has 0 unspecified atom stereocenters. The predicted molar refractivity (Wildman–Crippen MR) is 79.3 cm³/mol. The number of rotatable bonds is 4. The van der Waals surface area contributed by atoms with Crippen LogP contribution in [0.25, 0.3) is 0 Å². The third kappa shape index (κ3) is 4.04. The van der Waals surface area contributed by atoms with Crippen LogP contribution in [0.2, 0.25) is 0 Å². The lowest BCUT2D eigenvalue weighted by molar-refractivity contribution is -0.134. The van der Waals surface area contributed by atoms with Crippen LogP contribution in [0.4, 0.5) is 5.69 Å². The molecule has 1 N–H and O–H groups in total. The summed E-state index contributed by atoms with van der Waals surface area (Å²) in [5, 5.41) is 4.38. The minimum atomic E-state index is -0.480. The Morgan fingerprint density at radius 1 is 1.38 bits per heavy atom. The zero-order valence-electron chi connectivity index (χ0n) is 11.9. The van der Waals surface area contributed by atoms with Crippen LogP contribution < -0.4 is 5.32 Å². The lowest BCUT2D eigenvalue weighted by Crippen LogP contribution is -2.37. The maximum atomic E-state index is 12.0. The molecular formula is C14H18N2O4S. The van der Waals surface area contributed by atoms with Gasteiger partial charge in [0.1, 0.15) is 4.88 Å². The van der Waals surface area contributed by atoms with E-state index in [4.69, 9.17) is 0 Å². The molecular weight excluding hydrogens is 292 g/mol. The monoisotopic (exact) mass is 310 g/mol. The van der Waals surface area contributed by atoms with Crippen molar-refractivity contribution in [3.8, 4) is 0 Å². The lowest BCUT2D eigenvalue weighted by atomic mass is 10.2. The largest absolute Gasteiger partial charge is 0.465 e. The number of thiophene rings is 1. The fourth-order valence-corrected chi connectivity index (χ4v) is 2.99. The summed E-state index contributed by atoms with van der Waals surface area (Å²) < 4.78 is 4.66. The summed E-state index contributed by atoms with van der Waals surface area (Å²) in [4.78, 5) is 37.4. The molecule has 2 heterocycles. The molecule has 114 valence electrons. The van der Waals surface area contributed by atoms with Crippen molar-refractivity contribution in [2.75, 3.05) is 25.5 Å². The Hall–Kier alpha value is -1.89. The maximum Gasteiger partial charge on any atom is 0.350 e. The molecule has 1 aromatic rings. The molecule has 0 atom stereocenters. The molecule has 21 heavy (non-hydrogen) atoms. The average molecular weight is 310 g/mol. The molecule has 1 fully saturated rings. The molecule has 1 saturated heterocycles. The van der Waals surface area contributed by atoms with Crippen molar-refractivity contribution in [1.29, 1.82) is 0 Å². The van der Waals surface area contributed by atoms with Crippen molar-refractivity contribution in [2.45, 2.75) is 25.7 Å². The van der Waals surface area contributed by atoms with E-state index in [1.807, 2.05) is 0 Å². The Labute approximate surface area is 127 Å². The smallest absolute Gasteiger partial charge is 0.350 e. The Morgan fingerprint density at radius 3 is 2.95 bits per heavy atom. The summed E-state index contributed by atoms with van der Waals surface area (Å²) in [6, 6.07) is 1.65. The molecule has 6 nitrogen and oxygen atoms in total. The van der Waals surface area contributed by atoms with Crippen LogP contribution in [-0.4, -0.2) is 42.9 Å². The molecule has 1 aliphatic heterocycles. The number of hydrogen-bond acceptors (Lipinski definition) is 5. The number of likely N-dealkylation sites (tertiary alicyclic amines) is 1. The number of methoxy groups -OCH3 is 1. The first-order chi connectivity index (χ1) is 10.1. The average Bonchev–Trinajstić information content (AvgIpc) is 2.83. The quantitative estimate of drug-likeness (QED) is 0.862. The molecule has 2 rings (SSSR count). The number of nitrogens with one attached hydrogen (secondary N) is 1. The first-order valence-electron chi connectivity index (χ1n) is 6.85. The van der Waals surface area contributed by atoms with Crippen LogP contribution in [-0.2, 0) is 14.3 Å². The maximum absolute atomic E-state index is 12.0. The molecule has 0 bridgehead atoms. The summed E-state index contributed by atoms with van der Waals surface area (Å²) in [6.07, 6.45) is 3.32. The van der Waals surface area contributed by atoms with Crippen LogP contribution in [0.1, 0.15) is 35.4 Å². The van der Waals surface area contributed by atoms with Gasteiger partial charge in [-0.25, -0.2) is 4.79 Å². The molecule has 1 aromatic heterocycles. The van der Waals surface area contributed by atoms with E-state index in [1.165, 1.54) is 18.4 Å². The summed E-state index contributed by atoms with van der Waals surface area (Å²) >= 11 is 1.20. The topological polar surface area (TPSA) is 75.7 Å². The van der Waals surface area contributed by atoms with Gasteiger partial charge in [0, 0.05) is 13.0 Å². The number of carbonyl (C=O) groups excluding carboxylic acids is 3. The van der Waals surface area contributed by atoms with Gasteiger partial charge < -0.3 is 15.0 Å². The number of nitrogens with zero attached hydrogens (tertiary/aromatic N) is 1. The summed E-state index contributed by atoms with van der Waals surface area (Å²) in [6.45, 7) is 0.634. The number of anilines is 1. The van der Waals surface area contributed by atoms with Crippen molar-refractivity contribution >= 4 is 34.8 Å². The molecule has 0 aliphatic carbocycles. The van der Waals surface area contributed by atoms with Crippen LogP contribution in [0.5, 0.6) is 0 Å². The SMILES string of the molecule is COC(=O)c1sccc1NC(=O)CN1CCCCCC1=O. The zero-order valence-corrected chi connectivity index (χ0v) is 12.7. The number of esters is 1. The van der Waals surface area contributed by atoms with Crippen LogP contribution in [0, 0.1) is 0 Å². The van der Waals surface area contributed by atoms with Gasteiger partial charge in [0.05, 0.1) is 19.3 Å². The van der Waals surface area contributed by atoms with E-state index in [1.54, 1.807) is 16.3 Å². The number of hydrogen-bond donors (Lipinski definition) is 1. The van der Waals surface area contributed by atoms with Crippen molar-refractivity contribution in [1.82, 2.24) is 4.90 Å². The van der Waals surface area contributed by atoms with Gasteiger partial charge in [-0.2, -0.15) is 0 Å². The summed E-state index contributed by atoms with van der Waals surface area (Å²) in [5.41, 5.74) is 0.430. The van der Waals surface area contributed by atoms with Gasteiger partial charge in [0.15, 0.2) is 0 Å². The molecule has 0 radical (unpaired) electrons. The number of amides is 2. The van der Waals surface area contributed by atoms with Crippen LogP contribution in [0.3, 0.4) is 0 Å². The summed E-state index contributed by atoms with van der Waals surface area (Å²) in [7, 11) is 1.30. The fraction of sp³-hybridized carbons (Fsp3) is 0.500. The van der Waals surface area contributed by atoms with Crippen LogP contribution in [0.15, 0.2) is 11.4 Å². The third-order valence-corrected chi connectivity index (χ3v) is 4.21. The second-order valence-corrected chi connectivity index (χ2v) is 5.75. The van der Waals surface area contributed by atoms with Gasteiger partial charge in [0.25, 0.3) is 0 Å². The van der Waals surface area contributed by atoms with E-state index >= 15 is 0 Å². The highest BCUT2D eigenvalue weighted by Crippen LogP contribution is 2.23. The lowest BCUT2D eigenvalue weighted by Gasteiger charge is -2.19. The van der Waals surface area contributed by atoms with Crippen molar-refractivity contribution in [3.63, 3.8) is 0 Å². The van der Waals surface area contributed by atoms with E-state index in [9.17, 15) is 14.4 Å². The number of carbonyl (C=O) groups is 3. The van der Waals surface area contributed by atoms with Gasteiger partial charge in [-0.3, -0.25) is 9.59 Å². The van der Waals surface area contributed by atoms with Gasteiger partial charge in [0.2, 0.25) is 11.8 Å². The highest BCUT2D eigenvalue weighted by atomic mass is 32.1. The van der Waals surface area contributed by atoms with E-state index in [-0.39, 0.29) is 18.4 Å². The minimum absolute atomic E-state index is 0.0150. The third-order valence-electron chi connectivity index (χ3n) is 3.32. The number of ether oxygens (including phenoxy) is 1. The standard InChI is InChI=1S/C14H18N2O4S/c1-20-14(19)13-10(6-8-21-13)15-11(17)9-16-7-4-2-3-5-12(16)18/h6,8H,2-5,7,9H2,1H3,(H,15,17). The second kappa shape index (κ2) is 7.21. The van der Waals surface area contributed by atoms with E-state index in [0.717, 1.165) is 19.3 Å². The first-order valence-corrected chi connectivity index (χ1v) is 7.73. The zero-order chi connectivity index (χ0) is 15.2. The predicted octanol–water partition coefficient (Wildman–Crippen LogP) is 1.88. The second-order valence-electron chi connectivity index (χ2n) is 4.83. The van der Waals surface area contributed by atoms with E-state index in [0.29, 0.717) is 23.5 Å². The summed E-state index contributed by atoms with van der Waals surface area (Å²) in [5.74, 6) is -0.763. The van der Waals surface area contributed by atoms with Gasteiger partial charge in [-0.1, -0.05) is 6.42 Å². The fourth-order valence-electron chi connectivity index (χ4n) is 2.23. The Kier molecular flexibility index (Phi) is 5.32. The molecule has 1 aliphatic rings. The Morgan fingerprint density at radius 2 is 2.19 bits per heavy atom. The molecule has 0 saturated carbocycles. The van der Waals surface area contributed by atoms with Gasteiger partial charge in [-0.15, -0.1) is 11.3 Å². The van der Waals surface area contributed by atoms with Crippen molar-refractivity contribution in [2.24, 2.45) is 0 Å². The highest BCUT2D eigenvalue weighted by molar-refractivity contribution is 7.12. The normalized spacial score (nSPS) is 15.5. The minimum Gasteiger partial charge on any atom is -0.465 e. The van der Waals surface area contributed by atoms with Crippen molar-refractivity contribution < 1.29 is 19.1 Å². The Bertz CT molecular complexity index is 541. The van der Waals surface area contributed by atoms with Crippen molar-refractivity contribution in [3.05, 3.63) is 16.3 Å². The molecule has 7 heteroatoms. The van der Waals surface area contributed by atoms with Gasteiger partial charge in [-0.05, 0) is 24.3 Å². The first kappa shape index (κ1) is 15.5. The van der Waals surface area contributed by atoms with E-state index in [2.05, 4.69) is 10.1 Å². The Balaban J connectivity index is 1.97. The van der Waals surface area contributed by atoms with E-state index < -0.39 is 5.97 Å². The molecule has 2 amide bonds. The van der Waals surface area contributed by atoms with Crippen LogP contribution >= 0.6 is 11.3 Å².